The van der Waals surface area contributed by atoms with Gasteiger partial charge in [-0.25, -0.2) is 8.78 Å². The number of rotatable bonds is 7. The second kappa shape index (κ2) is 16.3. The average Bonchev–Trinajstić information content (AvgIpc) is 2.98. The second-order valence-electron chi connectivity index (χ2n) is 14.0. The van der Waals surface area contributed by atoms with Gasteiger partial charge in [-0.15, -0.1) is 0 Å². The zero-order valence-electron chi connectivity index (χ0n) is 29.2. The van der Waals surface area contributed by atoms with Gasteiger partial charge in [-0.3, -0.25) is 14.4 Å². The molecule has 1 aliphatic rings. The van der Waals surface area contributed by atoms with E-state index in [2.05, 4.69) is 5.32 Å². The molecule has 1 amide bonds. The molecular weight excluding hydrogens is 657 g/mol. The Balaban J connectivity index is 1.86. The topological polar surface area (TPSA) is 91.6 Å². The van der Waals surface area contributed by atoms with Crippen LogP contribution >= 0.6 is 0 Å². The first-order valence-corrected chi connectivity index (χ1v) is 17.0. The minimum atomic E-state index is -4.80. The summed E-state index contributed by atoms with van der Waals surface area (Å²) < 4.78 is 74.0. The van der Waals surface area contributed by atoms with E-state index in [-0.39, 0.29) is 35.4 Å². The first-order chi connectivity index (χ1) is 23.5. The summed E-state index contributed by atoms with van der Waals surface area (Å²) in [6, 6.07) is 3.77. The number of carbonyl (C=O) groups excluding carboxylic acids is 1. The minimum absolute atomic E-state index is 0.00858. The van der Waals surface area contributed by atoms with Crippen molar-refractivity contribution >= 4 is 11.9 Å². The number of hydrogen-bond donors (Lipinski definition) is 2. The van der Waals surface area contributed by atoms with Gasteiger partial charge >= 0.3 is 12.1 Å². The van der Waals surface area contributed by atoms with Crippen molar-refractivity contribution in [3.8, 4) is 11.1 Å². The molecule has 7 nitrogen and oxygen atoms in total. The van der Waals surface area contributed by atoms with Crippen molar-refractivity contribution < 1.29 is 36.6 Å². The van der Waals surface area contributed by atoms with Gasteiger partial charge < -0.3 is 19.9 Å². The molecule has 3 atom stereocenters. The maximum absolute atomic E-state index is 15.9. The Hall–Kier alpha value is -4.06. The van der Waals surface area contributed by atoms with Crippen molar-refractivity contribution in [2.45, 2.75) is 96.8 Å². The van der Waals surface area contributed by atoms with E-state index in [1.54, 1.807) is 34.0 Å². The van der Waals surface area contributed by atoms with E-state index in [0.29, 0.717) is 48.6 Å². The van der Waals surface area contributed by atoms with Crippen LogP contribution in [0.25, 0.3) is 11.1 Å². The molecule has 4 rings (SSSR count). The molecule has 2 N–H and O–H groups in total. The van der Waals surface area contributed by atoms with Crippen LogP contribution in [-0.4, -0.2) is 47.1 Å². The van der Waals surface area contributed by atoms with E-state index in [4.69, 9.17) is 0 Å². The number of pyridine rings is 1. The smallest absolute Gasteiger partial charge is 0.416 e. The van der Waals surface area contributed by atoms with Crippen LogP contribution in [0.4, 0.5) is 22.0 Å². The first kappa shape index (κ1) is 38.7. The van der Waals surface area contributed by atoms with Gasteiger partial charge in [-0.1, -0.05) is 32.6 Å². The monoisotopic (exact) mass is 703 g/mol. The Morgan fingerprint density at radius 1 is 1.00 bits per heavy atom. The Morgan fingerprint density at radius 3 is 2.34 bits per heavy atom. The molecule has 0 fully saturated rings. The maximum Gasteiger partial charge on any atom is 0.416 e. The molecule has 2 bridgehead atoms. The van der Waals surface area contributed by atoms with Crippen molar-refractivity contribution in [3.63, 3.8) is 0 Å². The lowest BCUT2D eigenvalue weighted by Crippen LogP contribution is -2.40. The summed E-state index contributed by atoms with van der Waals surface area (Å²) in [6.45, 7) is 5.55. The van der Waals surface area contributed by atoms with Crippen LogP contribution in [0.15, 0.2) is 41.3 Å². The Kier molecular flexibility index (Phi) is 12.6. The molecule has 0 radical (unpaired) electrons. The zero-order chi connectivity index (χ0) is 36.9. The number of alkyl halides is 3. The zero-order valence-corrected chi connectivity index (χ0v) is 29.2. The molecule has 50 heavy (non-hydrogen) atoms. The number of carboxylic acid groups (broad SMARTS) is 1. The van der Waals surface area contributed by atoms with Gasteiger partial charge in [0, 0.05) is 24.4 Å². The third kappa shape index (κ3) is 9.58. The number of nitrogens with one attached hydrogen (secondary N) is 1. The molecule has 0 spiro atoms. The van der Waals surface area contributed by atoms with E-state index in [9.17, 15) is 37.1 Å². The van der Waals surface area contributed by atoms with Crippen molar-refractivity contribution in [3.05, 3.63) is 91.9 Å². The summed E-state index contributed by atoms with van der Waals surface area (Å²) >= 11 is 0. The molecule has 1 aliphatic heterocycles. The summed E-state index contributed by atoms with van der Waals surface area (Å²) in [7, 11) is 3.61. The number of halogens is 5. The number of aliphatic carboxylic acids is 1. The highest BCUT2D eigenvalue weighted by Crippen LogP contribution is 2.36. The number of carbonyl (C=O) groups is 2. The average molecular weight is 704 g/mol. The number of benzene rings is 2. The van der Waals surface area contributed by atoms with Gasteiger partial charge in [0.05, 0.1) is 18.0 Å². The molecule has 2 aromatic carbocycles. The highest BCUT2D eigenvalue weighted by Gasteiger charge is 2.36. The van der Waals surface area contributed by atoms with E-state index in [0.717, 1.165) is 35.6 Å². The fraction of sp³-hybridized carbons (Fsp3) is 0.500. The predicted octanol–water partition coefficient (Wildman–Crippen LogP) is 7.94. The third-order valence-electron chi connectivity index (χ3n) is 9.30. The third-order valence-corrected chi connectivity index (χ3v) is 9.30. The molecule has 0 aliphatic carbocycles. The minimum Gasteiger partial charge on any atom is -0.481 e. The molecule has 1 unspecified atom stereocenters. The summed E-state index contributed by atoms with van der Waals surface area (Å²) in [4.78, 5) is 41.5. The highest BCUT2D eigenvalue weighted by atomic mass is 19.4. The maximum atomic E-state index is 15.9. The van der Waals surface area contributed by atoms with Crippen molar-refractivity contribution in [1.82, 2.24) is 14.8 Å². The molecule has 1 aromatic heterocycles. The molecule has 0 saturated carbocycles. The van der Waals surface area contributed by atoms with Crippen LogP contribution in [0.1, 0.15) is 97.3 Å². The second-order valence-corrected chi connectivity index (χ2v) is 14.0. The lowest BCUT2D eigenvalue weighted by atomic mass is 9.88. The van der Waals surface area contributed by atoms with Crippen LogP contribution < -0.4 is 10.9 Å². The number of aryl methyl sites for hydroxylation is 3. The van der Waals surface area contributed by atoms with Crippen molar-refractivity contribution in [2.24, 2.45) is 5.92 Å². The summed E-state index contributed by atoms with van der Waals surface area (Å²) in [5, 5.41) is 12.5. The van der Waals surface area contributed by atoms with Crippen LogP contribution in [-0.2, 0) is 28.6 Å². The standard InChI is InChI=1S/C38H46F5N3O4/c1-22(20-45(4)5)13-27-21-46(33(47)18-30(27)38(41,42)43)32-12-10-8-6-7-9-11-25-16-28(39)15-23(2)35(25)26-14-24(3)36(40)29(17-26)31(19-34(48)49)44-37(32)50/h14-18,21-22,31-32H,6-13,19-20H2,1-5H3,(H,44,50)(H,48,49)/t22?,31-,32-/m0/s1. The van der Waals surface area contributed by atoms with E-state index in [1.165, 1.54) is 25.1 Å². The summed E-state index contributed by atoms with van der Waals surface area (Å²) in [6.07, 6.45) is -0.425. The van der Waals surface area contributed by atoms with E-state index in [1.807, 2.05) is 4.90 Å². The van der Waals surface area contributed by atoms with Gasteiger partial charge in [-0.05, 0) is 117 Å². The number of aromatic nitrogens is 1. The largest absolute Gasteiger partial charge is 0.481 e. The molecule has 3 aromatic rings. The Labute approximate surface area is 289 Å². The van der Waals surface area contributed by atoms with Crippen LogP contribution in [0.2, 0.25) is 0 Å². The fourth-order valence-corrected chi connectivity index (χ4v) is 7.20. The fourth-order valence-electron chi connectivity index (χ4n) is 7.20. The van der Waals surface area contributed by atoms with Gasteiger partial charge in [0.2, 0.25) is 5.91 Å². The predicted molar refractivity (Wildman–Crippen MR) is 182 cm³/mol. The van der Waals surface area contributed by atoms with Crippen LogP contribution in [0.5, 0.6) is 0 Å². The number of amides is 1. The van der Waals surface area contributed by atoms with Crippen LogP contribution in [0.3, 0.4) is 0 Å². The summed E-state index contributed by atoms with van der Waals surface area (Å²) in [5.41, 5.74) is 0.466. The van der Waals surface area contributed by atoms with Crippen molar-refractivity contribution in [2.75, 3.05) is 20.6 Å². The number of hydrogen-bond acceptors (Lipinski definition) is 4. The van der Waals surface area contributed by atoms with Crippen molar-refractivity contribution in [1.29, 1.82) is 0 Å². The molecule has 2 heterocycles. The first-order valence-electron chi connectivity index (χ1n) is 17.0. The van der Waals surface area contributed by atoms with Gasteiger partial charge in [0.1, 0.15) is 17.7 Å². The highest BCUT2D eigenvalue weighted by molar-refractivity contribution is 5.82. The number of carboxylic acids is 1. The van der Waals surface area contributed by atoms with E-state index < -0.39 is 59.3 Å². The molecular formula is C38H46F5N3O4. The number of nitrogens with zero attached hydrogens (tertiary/aromatic N) is 2. The van der Waals surface area contributed by atoms with Gasteiger partial charge in [-0.2, -0.15) is 13.2 Å². The Bertz CT molecular complexity index is 1770. The molecule has 272 valence electrons. The SMILES string of the molecule is Cc1cc2cc(c1F)[C@H](CC(=O)O)NC(=O)[C@@H](n1cc(CC(C)CN(C)C)c(C(F)(F)F)cc1=O)CCCCCCCc1cc(F)cc(C)c1-2. The van der Waals surface area contributed by atoms with E-state index >= 15 is 4.39 Å². The normalized spacial score (nSPS) is 18.4. The van der Waals surface area contributed by atoms with Crippen LogP contribution in [0, 0.1) is 31.4 Å². The van der Waals surface area contributed by atoms with Gasteiger partial charge in [0.15, 0.2) is 0 Å². The van der Waals surface area contributed by atoms with Gasteiger partial charge in [0.25, 0.3) is 5.56 Å². The number of fused-ring (bicyclic) bond motifs is 4. The lowest BCUT2D eigenvalue weighted by molar-refractivity contribution is -0.139. The molecule has 12 heteroatoms. The Morgan fingerprint density at radius 2 is 1.68 bits per heavy atom. The molecule has 0 saturated heterocycles. The summed E-state index contributed by atoms with van der Waals surface area (Å²) in [5.74, 6) is -3.48. The quantitative estimate of drug-likeness (QED) is 0.244. The lowest BCUT2D eigenvalue weighted by Gasteiger charge is -2.27.